The monoisotopic (exact) mass is 520 g/mol. The van der Waals surface area contributed by atoms with Gasteiger partial charge in [-0.2, -0.15) is 0 Å². The van der Waals surface area contributed by atoms with Crippen LogP contribution in [0.2, 0.25) is 0 Å². The summed E-state index contributed by atoms with van der Waals surface area (Å²) in [5, 5.41) is 14.3. The average Bonchev–Trinajstić information content (AvgIpc) is 3.00. The fraction of sp³-hybridized carbons (Fsp3) is 0.314. The van der Waals surface area contributed by atoms with Crippen LogP contribution in [0.25, 0.3) is 22.3 Å². The van der Waals surface area contributed by atoms with Crippen LogP contribution >= 0.6 is 0 Å². The molecule has 0 bridgehead atoms. The predicted octanol–water partition coefficient (Wildman–Crippen LogP) is 6.25. The largest absolute Gasteiger partial charge is 0.317 e. The number of hydrogen-bond acceptors (Lipinski definition) is 4. The lowest BCUT2D eigenvalue weighted by molar-refractivity contribution is 0.551. The highest BCUT2D eigenvalue weighted by molar-refractivity contribution is 5.64. The van der Waals surface area contributed by atoms with Gasteiger partial charge in [-0.15, -0.1) is 0 Å². The maximum Gasteiger partial charge on any atom is 0.0205 e. The first-order valence-corrected chi connectivity index (χ1v) is 14.5. The number of rotatable bonds is 18. The van der Waals surface area contributed by atoms with Crippen molar-refractivity contribution < 1.29 is 0 Å². The Bertz CT molecular complexity index is 1100. The third-order valence-corrected chi connectivity index (χ3v) is 6.85. The molecule has 0 aliphatic heterocycles. The van der Waals surface area contributed by atoms with E-state index in [0.717, 1.165) is 65.2 Å². The van der Waals surface area contributed by atoms with E-state index in [1.165, 1.54) is 39.8 Å². The van der Waals surface area contributed by atoms with Gasteiger partial charge in [0.2, 0.25) is 0 Å². The lowest BCUT2D eigenvalue weighted by atomic mass is 10.0. The topological polar surface area (TPSA) is 48.1 Å². The fourth-order valence-electron chi connectivity index (χ4n) is 4.71. The Morgan fingerprint density at radius 2 is 0.692 bits per heavy atom. The molecule has 0 saturated heterocycles. The highest BCUT2D eigenvalue weighted by Crippen LogP contribution is 2.21. The van der Waals surface area contributed by atoms with Crippen molar-refractivity contribution in [1.82, 2.24) is 21.3 Å². The number of nitrogens with one attached hydrogen (secondary N) is 4. The first-order chi connectivity index (χ1) is 19.4. The smallest absolute Gasteiger partial charge is 0.0205 e. The van der Waals surface area contributed by atoms with E-state index in [0.29, 0.717) is 0 Å². The summed E-state index contributed by atoms with van der Waals surface area (Å²) < 4.78 is 0. The summed E-state index contributed by atoms with van der Waals surface area (Å²) in [6.45, 7) is 8.16. The van der Waals surface area contributed by atoms with Gasteiger partial charge in [-0.25, -0.2) is 0 Å². The van der Waals surface area contributed by atoms with E-state index in [4.69, 9.17) is 0 Å². The zero-order valence-corrected chi connectivity index (χ0v) is 23.2. The average molecular weight is 521 g/mol. The molecular formula is C35H44N4. The number of hydrogen-bond donors (Lipinski definition) is 4. The molecule has 39 heavy (non-hydrogen) atoms. The Morgan fingerprint density at radius 1 is 0.333 bits per heavy atom. The van der Waals surface area contributed by atoms with Crippen molar-refractivity contribution in [2.75, 3.05) is 39.3 Å². The third kappa shape index (κ3) is 10.8. The van der Waals surface area contributed by atoms with Crippen LogP contribution in [0.1, 0.15) is 30.4 Å². The fourth-order valence-corrected chi connectivity index (χ4v) is 4.71. The quantitative estimate of drug-likeness (QED) is 0.117. The van der Waals surface area contributed by atoms with Gasteiger partial charge in [0.05, 0.1) is 0 Å². The van der Waals surface area contributed by atoms with E-state index in [2.05, 4.69) is 130 Å². The lowest BCUT2D eigenvalue weighted by Crippen LogP contribution is -2.26. The second kappa shape index (κ2) is 17.3. The van der Waals surface area contributed by atoms with E-state index in [1.54, 1.807) is 0 Å². The molecule has 4 nitrogen and oxygen atoms in total. The molecule has 0 aliphatic rings. The van der Waals surface area contributed by atoms with Gasteiger partial charge in [0, 0.05) is 13.1 Å². The molecule has 0 heterocycles. The predicted molar refractivity (Wildman–Crippen MR) is 167 cm³/mol. The summed E-state index contributed by atoms with van der Waals surface area (Å²) in [7, 11) is 0. The summed E-state index contributed by atoms with van der Waals surface area (Å²) in [5.41, 5.74) is 7.79. The summed E-state index contributed by atoms with van der Waals surface area (Å²) in [4.78, 5) is 0. The zero-order valence-electron chi connectivity index (χ0n) is 23.2. The molecule has 4 aromatic carbocycles. The first-order valence-electron chi connectivity index (χ1n) is 14.5. The lowest BCUT2D eigenvalue weighted by Gasteiger charge is -2.09. The van der Waals surface area contributed by atoms with Crippen molar-refractivity contribution in [2.45, 2.75) is 32.4 Å². The second-order valence-corrected chi connectivity index (χ2v) is 10.0. The Labute approximate surface area is 235 Å². The Hall–Kier alpha value is -3.28. The minimum absolute atomic E-state index is 0.916. The molecule has 0 saturated carbocycles. The normalized spacial score (nSPS) is 11.1. The summed E-state index contributed by atoms with van der Waals surface area (Å²) in [5.74, 6) is 0. The Morgan fingerprint density at radius 3 is 1.10 bits per heavy atom. The van der Waals surface area contributed by atoms with Crippen molar-refractivity contribution in [3.05, 3.63) is 120 Å². The van der Waals surface area contributed by atoms with E-state index < -0.39 is 0 Å². The molecule has 0 aliphatic carbocycles. The molecule has 4 N–H and O–H groups in total. The zero-order chi connectivity index (χ0) is 26.8. The molecule has 204 valence electrons. The second-order valence-electron chi connectivity index (χ2n) is 10.0. The minimum Gasteiger partial charge on any atom is -0.317 e. The van der Waals surface area contributed by atoms with Gasteiger partial charge < -0.3 is 21.3 Å². The molecule has 0 atom stereocenters. The molecule has 4 rings (SSSR count). The minimum atomic E-state index is 0.916. The van der Waals surface area contributed by atoms with Gasteiger partial charge in [-0.1, -0.05) is 97.1 Å². The van der Waals surface area contributed by atoms with Gasteiger partial charge in [-0.3, -0.25) is 0 Å². The maximum atomic E-state index is 3.58. The van der Waals surface area contributed by atoms with Crippen LogP contribution in [0.4, 0.5) is 0 Å². The molecule has 4 heteroatoms. The van der Waals surface area contributed by atoms with E-state index in [-0.39, 0.29) is 0 Å². The maximum absolute atomic E-state index is 3.58. The molecule has 0 radical (unpaired) electrons. The van der Waals surface area contributed by atoms with Crippen molar-refractivity contribution in [1.29, 1.82) is 0 Å². The molecule has 0 fully saturated rings. The van der Waals surface area contributed by atoms with E-state index >= 15 is 0 Å². The van der Waals surface area contributed by atoms with Gasteiger partial charge in [0.15, 0.2) is 0 Å². The van der Waals surface area contributed by atoms with Crippen LogP contribution in [0.15, 0.2) is 109 Å². The first kappa shape index (κ1) is 28.7. The number of benzene rings is 4. The van der Waals surface area contributed by atoms with Crippen LogP contribution in [0, 0.1) is 0 Å². The standard InChI is InChI=1S/C35H44N4/c1-3-14-32(15-4-1)34-18-7-12-30(26-34)28-38-24-10-22-36-20-9-21-37-23-11-25-39-29-31-13-8-19-35(27-31)33-16-5-2-6-17-33/h1-8,12-19,26-27,36-39H,9-11,20-25,28-29H2. The van der Waals surface area contributed by atoms with Gasteiger partial charge in [0.25, 0.3) is 0 Å². The van der Waals surface area contributed by atoms with Gasteiger partial charge in [0.1, 0.15) is 0 Å². The van der Waals surface area contributed by atoms with Crippen LogP contribution in [0.3, 0.4) is 0 Å². The summed E-state index contributed by atoms with van der Waals surface area (Å²) >= 11 is 0. The van der Waals surface area contributed by atoms with Crippen molar-refractivity contribution in [2.24, 2.45) is 0 Å². The van der Waals surface area contributed by atoms with Gasteiger partial charge in [-0.05, 0) is 104 Å². The summed E-state index contributed by atoms with van der Waals surface area (Å²) in [6.07, 6.45) is 3.46. The molecule has 0 spiro atoms. The van der Waals surface area contributed by atoms with E-state index in [1.807, 2.05) is 0 Å². The summed E-state index contributed by atoms with van der Waals surface area (Å²) in [6, 6.07) is 38.8. The van der Waals surface area contributed by atoms with Crippen molar-refractivity contribution in [3.63, 3.8) is 0 Å². The molecule has 4 aromatic rings. The molecule has 0 amide bonds. The van der Waals surface area contributed by atoms with Crippen LogP contribution in [0.5, 0.6) is 0 Å². The molecule has 0 aromatic heterocycles. The Balaban J connectivity index is 0.944. The highest BCUT2D eigenvalue weighted by Gasteiger charge is 2.00. The SMILES string of the molecule is c1ccc(-c2cccc(CNCCCNCCCNCCCNCc3cccc(-c4ccccc4)c3)c2)cc1. The van der Waals surface area contributed by atoms with Gasteiger partial charge >= 0.3 is 0 Å². The third-order valence-electron chi connectivity index (χ3n) is 6.85. The van der Waals surface area contributed by atoms with Crippen LogP contribution in [-0.2, 0) is 13.1 Å². The molecular weight excluding hydrogens is 476 g/mol. The van der Waals surface area contributed by atoms with Crippen LogP contribution < -0.4 is 21.3 Å². The van der Waals surface area contributed by atoms with Crippen molar-refractivity contribution >= 4 is 0 Å². The molecule has 0 unspecified atom stereocenters. The van der Waals surface area contributed by atoms with E-state index in [9.17, 15) is 0 Å². The van der Waals surface area contributed by atoms with Crippen molar-refractivity contribution in [3.8, 4) is 22.3 Å². The Kier molecular flexibility index (Phi) is 12.8. The van der Waals surface area contributed by atoms with Crippen LogP contribution in [-0.4, -0.2) is 39.3 Å². The highest BCUT2D eigenvalue weighted by atomic mass is 14.9.